The van der Waals surface area contributed by atoms with Crippen LogP contribution in [0.25, 0.3) is 11.1 Å². The maximum Gasteiger partial charge on any atom is 0.407 e. The predicted octanol–water partition coefficient (Wildman–Crippen LogP) is 3.93. The number of hydrogen-bond donors (Lipinski definition) is 2. The first kappa shape index (κ1) is 24.2. The zero-order valence-corrected chi connectivity index (χ0v) is 19.1. The Balaban J connectivity index is 1.20. The van der Waals surface area contributed by atoms with Crippen LogP contribution in [0, 0.1) is 0 Å². The topological polar surface area (TPSA) is 103 Å². The average Bonchev–Trinajstić information content (AvgIpc) is 3.18. The Morgan fingerprint density at radius 1 is 1.03 bits per heavy atom. The Hall–Kier alpha value is -2.94. The number of carboxylic acids is 1. The van der Waals surface area contributed by atoms with Gasteiger partial charge in [-0.1, -0.05) is 48.5 Å². The highest BCUT2D eigenvalue weighted by molar-refractivity contribution is 5.81. The van der Waals surface area contributed by atoms with E-state index in [1.165, 1.54) is 0 Å². The zero-order chi connectivity index (χ0) is 23.8. The van der Waals surface area contributed by atoms with Crippen LogP contribution < -0.4 is 5.32 Å². The minimum atomic E-state index is -1.20. The smallest absolute Gasteiger partial charge is 0.407 e. The summed E-state index contributed by atoms with van der Waals surface area (Å²) >= 11 is 0. The lowest BCUT2D eigenvalue weighted by Gasteiger charge is -2.22. The highest BCUT2D eigenvalue weighted by atomic mass is 16.7. The second-order valence-electron chi connectivity index (χ2n) is 8.46. The Morgan fingerprint density at radius 2 is 1.74 bits per heavy atom. The number of ether oxygens (including phenoxy) is 4. The second kappa shape index (κ2) is 12.0. The monoisotopic (exact) mass is 469 g/mol. The molecule has 4 rings (SSSR count). The van der Waals surface area contributed by atoms with Crippen molar-refractivity contribution in [2.45, 2.75) is 43.9 Å². The van der Waals surface area contributed by atoms with Crippen molar-refractivity contribution < 1.29 is 33.6 Å². The maximum absolute atomic E-state index is 12.4. The van der Waals surface area contributed by atoms with E-state index in [0.717, 1.165) is 48.1 Å². The molecule has 0 saturated carbocycles. The Morgan fingerprint density at radius 3 is 2.38 bits per heavy atom. The normalized spacial score (nSPS) is 18.1. The van der Waals surface area contributed by atoms with Gasteiger partial charge in [0.05, 0.1) is 13.2 Å². The number of rotatable bonds is 11. The summed E-state index contributed by atoms with van der Waals surface area (Å²) in [6.07, 6.45) is 2.73. The minimum Gasteiger partial charge on any atom is -0.480 e. The molecule has 1 fully saturated rings. The maximum atomic E-state index is 12.4. The summed E-state index contributed by atoms with van der Waals surface area (Å²) in [5.41, 5.74) is 4.44. The van der Waals surface area contributed by atoms with E-state index in [4.69, 9.17) is 18.9 Å². The van der Waals surface area contributed by atoms with Gasteiger partial charge in [0, 0.05) is 19.1 Å². The number of carbonyl (C=O) groups is 2. The van der Waals surface area contributed by atoms with Crippen molar-refractivity contribution in [1.82, 2.24) is 5.32 Å². The van der Waals surface area contributed by atoms with Crippen molar-refractivity contribution in [3.8, 4) is 11.1 Å². The number of aliphatic carboxylic acids is 1. The summed E-state index contributed by atoms with van der Waals surface area (Å²) in [4.78, 5) is 23.9. The fourth-order valence-electron chi connectivity index (χ4n) is 4.38. The van der Waals surface area contributed by atoms with E-state index in [2.05, 4.69) is 17.4 Å². The van der Waals surface area contributed by atoms with Gasteiger partial charge in [0.2, 0.25) is 0 Å². The van der Waals surface area contributed by atoms with E-state index in [1.807, 2.05) is 36.4 Å². The second-order valence-corrected chi connectivity index (χ2v) is 8.46. The molecular formula is C26H31NO7. The molecule has 1 saturated heterocycles. The molecule has 2 atom stereocenters. The van der Waals surface area contributed by atoms with Crippen LogP contribution in [0.2, 0.25) is 0 Å². The molecule has 2 unspecified atom stereocenters. The lowest BCUT2D eigenvalue weighted by atomic mass is 9.98. The van der Waals surface area contributed by atoms with E-state index < -0.39 is 18.1 Å². The molecule has 2 N–H and O–H groups in total. The first-order valence-corrected chi connectivity index (χ1v) is 11.8. The van der Waals surface area contributed by atoms with Crippen molar-refractivity contribution in [1.29, 1.82) is 0 Å². The Kier molecular flexibility index (Phi) is 8.51. The highest BCUT2D eigenvalue weighted by Gasteiger charge is 2.29. The summed E-state index contributed by atoms with van der Waals surface area (Å²) in [5, 5.41) is 11.8. The molecule has 8 nitrogen and oxygen atoms in total. The number of benzene rings is 2. The van der Waals surface area contributed by atoms with Crippen LogP contribution in [-0.2, 0) is 23.7 Å². The molecule has 1 amide bonds. The summed E-state index contributed by atoms with van der Waals surface area (Å²) in [7, 11) is 0. The number of alkyl carbamates (subject to hydrolysis) is 1. The number of hydrogen-bond acceptors (Lipinski definition) is 6. The molecule has 0 bridgehead atoms. The zero-order valence-electron chi connectivity index (χ0n) is 19.1. The van der Waals surface area contributed by atoms with Crippen LogP contribution in [0.15, 0.2) is 48.5 Å². The Labute approximate surface area is 199 Å². The quantitative estimate of drug-likeness (QED) is 0.481. The fourth-order valence-corrected chi connectivity index (χ4v) is 4.38. The number of carbonyl (C=O) groups excluding carboxylic acids is 1. The van der Waals surface area contributed by atoms with E-state index in [1.54, 1.807) is 0 Å². The van der Waals surface area contributed by atoms with Gasteiger partial charge >= 0.3 is 12.1 Å². The van der Waals surface area contributed by atoms with Crippen LogP contribution in [-0.4, -0.2) is 62.5 Å². The molecule has 2 aromatic rings. The van der Waals surface area contributed by atoms with E-state index in [0.29, 0.717) is 19.6 Å². The molecule has 182 valence electrons. The molecule has 1 aliphatic heterocycles. The molecule has 1 aliphatic carbocycles. The van der Waals surface area contributed by atoms with Crippen LogP contribution >= 0.6 is 0 Å². The third-order valence-corrected chi connectivity index (χ3v) is 6.09. The lowest BCUT2D eigenvalue weighted by Crippen LogP contribution is -2.44. The molecule has 34 heavy (non-hydrogen) atoms. The standard InChI is InChI=1S/C26H31NO7/c28-25(29)23(17-31-13-7-15-33-24-12-5-6-14-32-24)27-26(30)34-16-22-20-10-3-1-8-18(20)19-9-2-4-11-21(19)22/h1-4,8-11,22-24H,5-7,12-17H2,(H,27,30)(H,28,29). The van der Waals surface area contributed by atoms with Gasteiger partial charge < -0.3 is 29.4 Å². The number of nitrogens with one attached hydrogen (secondary N) is 1. The van der Waals surface area contributed by atoms with Gasteiger partial charge in [-0.3, -0.25) is 0 Å². The molecule has 2 aliphatic rings. The third kappa shape index (κ3) is 6.14. The van der Waals surface area contributed by atoms with Gasteiger partial charge in [-0.15, -0.1) is 0 Å². The summed E-state index contributed by atoms with van der Waals surface area (Å²) in [6, 6.07) is 14.9. The van der Waals surface area contributed by atoms with Crippen LogP contribution in [0.5, 0.6) is 0 Å². The van der Waals surface area contributed by atoms with Gasteiger partial charge in [-0.05, 0) is 47.9 Å². The summed E-state index contributed by atoms with van der Waals surface area (Å²) in [5.74, 6) is -1.27. The molecule has 0 aromatic heterocycles. The first-order valence-electron chi connectivity index (χ1n) is 11.8. The average molecular weight is 470 g/mol. The lowest BCUT2D eigenvalue weighted by molar-refractivity contribution is -0.164. The number of amides is 1. The number of carboxylic acid groups (broad SMARTS) is 1. The van der Waals surface area contributed by atoms with Crippen LogP contribution in [0.1, 0.15) is 42.7 Å². The van der Waals surface area contributed by atoms with E-state index in [-0.39, 0.29) is 25.4 Å². The predicted molar refractivity (Wildman–Crippen MR) is 125 cm³/mol. The summed E-state index contributed by atoms with van der Waals surface area (Å²) < 4.78 is 22.0. The molecule has 8 heteroatoms. The van der Waals surface area contributed by atoms with Crippen LogP contribution in [0.4, 0.5) is 4.79 Å². The first-order chi connectivity index (χ1) is 16.6. The highest BCUT2D eigenvalue weighted by Crippen LogP contribution is 2.44. The van der Waals surface area contributed by atoms with Crippen molar-refractivity contribution >= 4 is 12.1 Å². The SMILES string of the molecule is O=C(NC(COCCCOC1CCCCO1)C(=O)O)OCC1c2ccccc2-c2ccccc21. The largest absolute Gasteiger partial charge is 0.480 e. The third-order valence-electron chi connectivity index (χ3n) is 6.09. The molecule has 2 aromatic carbocycles. The van der Waals surface area contributed by atoms with Gasteiger partial charge in [-0.2, -0.15) is 0 Å². The molecular weight excluding hydrogens is 438 g/mol. The molecule has 1 heterocycles. The minimum absolute atomic E-state index is 0.0918. The summed E-state index contributed by atoms with van der Waals surface area (Å²) in [6.45, 7) is 1.49. The van der Waals surface area contributed by atoms with E-state index >= 15 is 0 Å². The van der Waals surface area contributed by atoms with Gasteiger partial charge in [0.15, 0.2) is 12.3 Å². The Bertz CT molecular complexity index is 928. The van der Waals surface area contributed by atoms with Gasteiger partial charge in [0.25, 0.3) is 0 Å². The molecule has 0 spiro atoms. The van der Waals surface area contributed by atoms with Crippen molar-refractivity contribution in [2.75, 3.05) is 33.0 Å². The van der Waals surface area contributed by atoms with E-state index in [9.17, 15) is 14.7 Å². The van der Waals surface area contributed by atoms with Crippen molar-refractivity contribution in [2.24, 2.45) is 0 Å². The fraction of sp³-hybridized carbons (Fsp3) is 0.462. The van der Waals surface area contributed by atoms with Gasteiger partial charge in [-0.25, -0.2) is 9.59 Å². The van der Waals surface area contributed by atoms with Gasteiger partial charge in [0.1, 0.15) is 6.61 Å². The van der Waals surface area contributed by atoms with Crippen LogP contribution in [0.3, 0.4) is 0 Å². The van der Waals surface area contributed by atoms with Crippen molar-refractivity contribution in [3.05, 3.63) is 59.7 Å². The van der Waals surface area contributed by atoms with Crippen molar-refractivity contribution in [3.63, 3.8) is 0 Å². The molecule has 0 radical (unpaired) electrons. The number of fused-ring (bicyclic) bond motifs is 3.